The Morgan fingerprint density at radius 1 is 1.25 bits per heavy atom. The van der Waals surface area contributed by atoms with Gasteiger partial charge in [0.05, 0.1) is 11.9 Å². The zero-order chi connectivity index (χ0) is 13.9. The fraction of sp³-hybridized carbons (Fsp3) is 0.0714. The molecular formula is C14H13N5O. The Kier molecular flexibility index (Phi) is 3.04. The van der Waals surface area contributed by atoms with Crippen LogP contribution in [0.2, 0.25) is 0 Å². The lowest BCUT2D eigenvalue weighted by Gasteiger charge is -2.01. The maximum Gasteiger partial charge on any atom is 0.239 e. The molecule has 6 nitrogen and oxygen atoms in total. The van der Waals surface area contributed by atoms with Crippen LogP contribution < -0.4 is 5.73 Å². The van der Waals surface area contributed by atoms with E-state index in [4.69, 9.17) is 5.73 Å². The van der Waals surface area contributed by atoms with E-state index in [0.29, 0.717) is 0 Å². The van der Waals surface area contributed by atoms with E-state index in [1.165, 1.54) is 4.68 Å². The summed E-state index contributed by atoms with van der Waals surface area (Å²) < 4.78 is 1.53. The molecule has 0 aliphatic carbocycles. The van der Waals surface area contributed by atoms with Crippen molar-refractivity contribution in [2.24, 2.45) is 5.73 Å². The van der Waals surface area contributed by atoms with Gasteiger partial charge in [-0.05, 0) is 17.7 Å². The smallest absolute Gasteiger partial charge is 0.239 e. The van der Waals surface area contributed by atoms with Crippen molar-refractivity contribution in [1.82, 2.24) is 20.0 Å². The van der Waals surface area contributed by atoms with Gasteiger partial charge >= 0.3 is 0 Å². The van der Waals surface area contributed by atoms with Crippen LogP contribution in [0, 0.1) is 0 Å². The van der Waals surface area contributed by atoms with Crippen LogP contribution in [-0.4, -0.2) is 25.9 Å². The van der Waals surface area contributed by atoms with Crippen molar-refractivity contribution in [3.05, 3.63) is 48.9 Å². The number of nitrogens with one attached hydrogen (secondary N) is 1. The maximum absolute atomic E-state index is 10.9. The van der Waals surface area contributed by atoms with E-state index in [-0.39, 0.29) is 6.54 Å². The normalized spacial score (nSPS) is 10.6. The number of primary amides is 1. The summed E-state index contributed by atoms with van der Waals surface area (Å²) >= 11 is 0. The Bertz CT molecular complexity index is 730. The Morgan fingerprint density at radius 3 is 2.85 bits per heavy atom. The number of nitrogens with zero attached hydrogens (tertiary/aromatic N) is 3. The highest BCUT2D eigenvalue weighted by atomic mass is 16.1. The number of benzene rings is 1. The van der Waals surface area contributed by atoms with Gasteiger partial charge in [0.1, 0.15) is 6.54 Å². The van der Waals surface area contributed by atoms with Gasteiger partial charge in [0.15, 0.2) is 0 Å². The van der Waals surface area contributed by atoms with E-state index in [1.54, 1.807) is 18.6 Å². The van der Waals surface area contributed by atoms with Gasteiger partial charge < -0.3 is 5.73 Å². The van der Waals surface area contributed by atoms with E-state index < -0.39 is 5.91 Å². The summed E-state index contributed by atoms with van der Waals surface area (Å²) in [5, 5.41) is 11.0. The minimum absolute atomic E-state index is 0.0836. The highest BCUT2D eigenvalue weighted by Crippen LogP contribution is 2.24. The van der Waals surface area contributed by atoms with Crippen LogP contribution in [0.1, 0.15) is 0 Å². The molecule has 0 aliphatic heterocycles. The predicted molar refractivity (Wildman–Crippen MR) is 74.4 cm³/mol. The SMILES string of the molecule is NC(=O)Cn1cc(-c2cccc(-c3ccn[nH]3)c2)cn1. The molecule has 0 saturated carbocycles. The summed E-state index contributed by atoms with van der Waals surface area (Å²) in [6.07, 6.45) is 5.23. The number of rotatable bonds is 4. The number of hydrogen-bond donors (Lipinski definition) is 2. The number of nitrogens with two attached hydrogens (primary N) is 1. The molecule has 1 aromatic carbocycles. The lowest BCUT2D eigenvalue weighted by Crippen LogP contribution is -2.18. The van der Waals surface area contributed by atoms with Crippen molar-refractivity contribution in [3.8, 4) is 22.4 Å². The first kappa shape index (κ1) is 12.2. The molecule has 20 heavy (non-hydrogen) atoms. The second-order valence-electron chi connectivity index (χ2n) is 4.44. The number of aromatic nitrogens is 4. The molecule has 0 radical (unpaired) electrons. The van der Waals surface area contributed by atoms with E-state index >= 15 is 0 Å². The average molecular weight is 267 g/mol. The molecule has 0 unspecified atom stereocenters. The third-order valence-electron chi connectivity index (χ3n) is 2.96. The molecule has 0 fully saturated rings. The van der Waals surface area contributed by atoms with Gasteiger partial charge in [0, 0.05) is 23.5 Å². The zero-order valence-electron chi connectivity index (χ0n) is 10.7. The third-order valence-corrected chi connectivity index (χ3v) is 2.96. The summed E-state index contributed by atoms with van der Waals surface area (Å²) in [6.45, 7) is 0.0836. The number of hydrogen-bond acceptors (Lipinski definition) is 3. The molecule has 1 amide bonds. The van der Waals surface area contributed by atoms with Crippen LogP contribution in [-0.2, 0) is 11.3 Å². The average Bonchev–Trinajstić information content (AvgIpc) is 3.09. The highest BCUT2D eigenvalue weighted by Gasteiger charge is 2.06. The second-order valence-corrected chi connectivity index (χ2v) is 4.44. The van der Waals surface area contributed by atoms with Gasteiger partial charge in [-0.1, -0.05) is 18.2 Å². The summed E-state index contributed by atoms with van der Waals surface area (Å²) in [4.78, 5) is 10.9. The number of carbonyl (C=O) groups excluding carboxylic acids is 1. The third kappa shape index (κ3) is 2.44. The van der Waals surface area contributed by atoms with Crippen molar-refractivity contribution in [2.75, 3.05) is 0 Å². The highest BCUT2D eigenvalue weighted by molar-refractivity contribution is 5.74. The summed E-state index contributed by atoms with van der Waals surface area (Å²) in [6, 6.07) is 9.92. The van der Waals surface area contributed by atoms with Gasteiger partial charge in [-0.25, -0.2) is 0 Å². The fourth-order valence-corrected chi connectivity index (χ4v) is 2.04. The predicted octanol–water partition coefficient (Wildman–Crippen LogP) is 1.43. The van der Waals surface area contributed by atoms with Crippen LogP contribution in [0.15, 0.2) is 48.9 Å². The van der Waals surface area contributed by atoms with Gasteiger partial charge in [-0.15, -0.1) is 0 Å². The Balaban J connectivity index is 1.92. The number of amides is 1. The largest absolute Gasteiger partial charge is 0.368 e. The Labute approximate surface area is 115 Å². The van der Waals surface area contributed by atoms with Crippen molar-refractivity contribution in [3.63, 3.8) is 0 Å². The van der Waals surface area contributed by atoms with Gasteiger partial charge in [-0.2, -0.15) is 10.2 Å². The molecule has 2 aromatic heterocycles. The van der Waals surface area contributed by atoms with Gasteiger partial charge in [0.25, 0.3) is 0 Å². The van der Waals surface area contributed by atoms with Gasteiger partial charge in [0.2, 0.25) is 5.91 Å². The summed E-state index contributed by atoms with van der Waals surface area (Å²) in [5.74, 6) is -0.411. The minimum Gasteiger partial charge on any atom is -0.368 e. The molecule has 0 spiro atoms. The van der Waals surface area contributed by atoms with Crippen molar-refractivity contribution < 1.29 is 4.79 Å². The van der Waals surface area contributed by atoms with Crippen molar-refractivity contribution in [1.29, 1.82) is 0 Å². The first-order chi connectivity index (χ1) is 9.72. The van der Waals surface area contributed by atoms with Crippen LogP contribution >= 0.6 is 0 Å². The zero-order valence-corrected chi connectivity index (χ0v) is 10.7. The molecule has 0 atom stereocenters. The topological polar surface area (TPSA) is 89.6 Å². The van der Waals surface area contributed by atoms with Gasteiger partial charge in [-0.3, -0.25) is 14.6 Å². The Morgan fingerprint density at radius 2 is 2.10 bits per heavy atom. The van der Waals surface area contributed by atoms with Crippen molar-refractivity contribution >= 4 is 5.91 Å². The number of aromatic amines is 1. The number of H-pyrrole nitrogens is 1. The lowest BCUT2D eigenvalue weighted by molar-refractivity contribution is -0.118. The monoisotopic (exact) mass is 267 g/mol. The first-order valence-electron chi connectivity index (χ1n) is 6.13. The fourth-order valence-electron chi connectivity index (χ4n) is 2.04. The van der Waals surface area contributed by atoms with Crippen LogP contribution in [0.3, 0.4) is 0 Å². The van der Waals surface area contributed by atoms with E-state index in [9.17, 15) is 4.79 Å². The molecule has 3 rings (SSSR count). The summed E-state index contributed by atoms with van der Waals surface area (Å²) in [5.41, 5.74) is 9.11. The molecule has 2 heterocycles. The van der Waals surface area contributed by atoms with E-state index in [0.717, 1.165) is 22.4 Å². The molecule has 0 aliphatic rings. The minimum atomic E-state index is -0.411. The molecular weight excluding hydrogens is 254 g/mol. The lowest BCUT2D eigenvalue weighted by atomic mass is 10.0. The Hall–Kier alpha value is -2.89. The molecule has 100 valence electrons. The number of carbonyl (C=O) groups is 1. The van der Waals surface area contributed by atoms with E-state index in [2.05, 4.69) is 15.3 Å². The van der Waals surface area contributed by atoms with Crippen LogP contribution in [0.4, 0.5) is 0 Å². The van der Waals surface area contributed by atoms with Crippen molar-refractivity contribution in [2.45, 2.75) is 6.54 Å². The quantitative estimate of drug-likeness (QED) is 0.749. The maximum atomic E-state index is 10.9. The molecule has 6 heteroatoms. The molecule has 3 N–H and O–H groups in total. The molecule has 0 saturated heterocycles. The van der Waals surface area contributed by atoms with Crippen LogP contribution in [0.25, 0.3) is 22.4 Å². The molecule has 0 bridgehead atoms. The summed E-state index contributed by atoms with van der Waals surface area (Å²) in [7, 11) is 0. The standard InChI is InChI=1S/C14H13N5O/c15-14(20)9-19-8-12(7-17-19)10-2-1-3-11(6-10)13-4-5-16-18-13/h1-8H,9H2,(H2,15,20)(H,16,18). The first-order valence-corrected chi connectivity index (χ1v) is 6.13. The second kappa shape index (κ2) is 5.00. The van der Waals surface area contributed by atoms with E-state index in [1.807, 2.05) is 30.3 Å². The van der Waals surface area contributed by atoms with Crippen LogP contribution in [0.5, 0.6) is 0 Å². The molecule has 3 aromatic rings.